The third kappa shape index (κ3) is 1.83. The molecule has 0 spiro atoms. The first-order valence-electron chi connectivity index (χ1n) is 4.73. The highest BCUT2D eigenvalue weighted by molar-refractivity contribution is 6.30. The lowest BCUT2D eigenvalue weighted by atomic mass is 10.1. The first kappa shape index (κ1) is 10.1. The first-order valence-corrected chi connectivity index (χ1v) is 5.11. The molecule has 0 bridgehead atoms. The van der Waals surface area contributed by atoms with Gasteiger partial charge in [-0.2, -0.15) is 5.10 Å². The van der Waals surface area contributed by atoms with Crippen LogP contribution in [0.3, 0.4) is 0 Å². The summed E-state index contributed by atoms with van der Waals surface area (Å²) in [6.07, 6.45) is 1.71. The Balaban J connectivity index is 2.58. The van der Waals surface area contributed by atoms with Gasteiger partial charge >= 0.3 is 0 Å². The van der Waals surface area contributed by atoms with Gasteiger partial charge in [0.15, 0.2) is 0 Å². The van der Waals surface area contributed by atoms with Gasteiger partial charge in [-0.15, -0.1) is 0 Å². The molecule has 1 aromatic heterocycles. The lowest BCUT2D eigenvalue weighted by Crippen LogP contribution is -1.98. The van der Waals surface area contributed by atoms with Crippen molar-refractivity contribution >= 4 is 11.6 Å². The molecule has 0 saturated heterocycles. The van der Waals surface area contributed by atoms with E-state index in [1.807, 2.05) is 17.7 Å². The fourth-order valence-electron chi connectivity index (χ4n) is 1.53. The van der Waals surface area contributed by atoms with Crippen LogP contribution in [0.1, 0.15) is 6.92 Å². The standard InChI is InChI=1S/C11H11ClN2O/c1-2-14-10(5-6-13-14)9-7-8(12)3-4-11(9)15/h3-7,15H,2H2,1H3. The second-order valence-electron chi connectivity index (χ2n) is 3.19. The molecule has 78 valence electrons. The molecule has 0 aliphatic heterocycles. The summed E-state index contributed by atoms with van der Waals surface area (Å²) in [5.74, 6) is 0.217. The molecule has 1 aromatic carbocycles. The van der Waals surface area contributed by atoms with Gasteiger partial charge < -0.3 is 5.11 Å². The topological polar surface area (TPSA) is 38.0 Å². The number of phenols is 1. The molecule has 0 aliphatic rings. The fraction of sp³-hybridized carbons (Fsp3) is 0.182. The molecule has 0 amide bonds. The van der Waals surface area contributed by atoms with E-state index in [9.17, 15) is 5.11 Å². The molecule has 3 nitrogen and oxygen atoms in total. The van der Waals surface area contributed by atoms with E-state index in [-0.39, 0.29) is 5.75 Å². The van der Waals surface area contributed by atoms with Crippen LogP contribution in [0.15, 0.2) is 30.5 Å². The van der Waals surface area contributed by atoms with Gasteiger partial charge in [-0.3, -0.25) is 4.68 Å². The van der Waals surface area contributed by atoms with Gasteiger partial charge in [-0.25, -0.2) is 0 Å². The summed E-state index contributed by atoms with van der Waals surface area (Å²) in [6.45, 7) is 2.76. The second kappa shape index (κ2) is 3.95. The van der Waals surface area contributed by atoms with E-state index < -0.39 is 0 Å². The van der Waals surface area contributed by atoms with Crippen molar-refractivity contribution in [2.24, 2.45) is 0 Å². The summed E-state index contributed by atoms with van der Waals surface area (Å²) in [4.78, 5) is 0. The Morgan fingerprint density at radius 1 is 1.40 bits per heavy atom. The van der Waals surface area contributed by atoms with Crippen molar-refractivity contribution < 1.29 is 5.11 Å². The lowest BCUT2D eigenvalue weighted by Gasteiger charge is -2.07. The number of aryl methyl sites for hydroxylation is 1. The van der Waals surface area contributed by atoms with Crippen molar-refractivity contribution in [3.8, 4) is 17.0 Å². The van der Waals surface area contributed by atoms with Crippen molar-refractivity contribution in [2.45, 2.75) is 13.5 Å². The van der Waals surface area contributed by atoms with Crippen LogP contribution in [-0.4, -0.2) is 14.9 Å². The van der Waals surface area contributed by atoms with Gasteiger partial charge in [-0.05, 0) is 31.2 Å². The van der Waals surface area contributed by atoms with Crippen LogP contribution >= 0.6 is 11.6 Å². The number of nitrogens with zero attached hydrogens (tertiary/aromatic N) is 2. The maximum absolute atomic E-state index is 9.73. The van der Waals surface area contributed by atoms with Crippen LogP contribution in [0.25, 0.3) is 11.3 Å². The van der Waals surface area contributed by atoms with E-state index in [4.69, 9.17) is 11.6 Å². The molecule has 2 rings (SSSR count). The zero-order chi connectivity index (χ0) is 10.8. The minimum absolute atomic E-state index is 0.217. The van der Waals surface area contributed by atoms with E-state index >= 15 is 0 Å². The normalized spacial score (nSPS) is 10.5. The molecule has 0 fully saturated rings. The molecule has 0 unspecified atom stereocenters. The molecule has 15 heavy (non-hydrogen) atoms. The number of halogens is 1. The largest absolute Gasteiger partial charge is 0.507 e. The SMILES string of the molecule is CCn1nccc1-c1cc(Cl)ccc1O. The molecular weight excluding hydrogens is 212 g/mol. The maximum atomic E-state index is 9.73. The Morgan fingerprint density at radius 3 is 2.93 bits per heavy atom. The van der Waals surface area contributed by atoms with E-state index in [0.29, 0.717) is 10.6 Å². The number of hydrogen-bond donors (Lipinski definition) is 1. The number of rotatable bonds is 2. The van der Waals surface area contributed by atoms with Gasteiger partial charge in [0.25, 0.3) is 0 Å². The molecule has 0 saturated carbocycles. The molecule has 0 atom stereocenters. The van der Waals surface area contributed by atoms with E-state index in [1.54, 1.807) is 24.4 Å². The van der Waals surface area contributed by atoms with Gasteiger partial charge in [0, 0.05) is 23.3 Å². The van der Waals surface area contributed by atoms with E-state index in [1.165, 1.54) is 0 Å². The quantitative estimate of drug-likeness (QED) is 0.849. The highest BCUT2D eigenvalue weighted by Crippen LogP contribution is 2.31. The van der Waals surface area contributed by atoms with Gasteiger partial charge in [0.05, 0.1) is 5.69 Å². The van der Waals surface area contributed by atoms with E-state index in [0.717, 1.165) is 12.2 Å². The fourth-order valence-corrected chi connectivity index (χ4v) is 1.70. The van der Waals surface area contributed by atoms with Crippen molar-refractivity contribution in [3.05, 3.63) is 35.5 Å². The monoisotopic (exact) mass is 222 g/mol. The minimum atomic E-state index is 0.217. The van der Waals surface area contributed by atoms with Gasteiger partial charge in [0.2, 0.25) is 0 Å². The number of aromatic hydroxyl groups is 1. The highest BCUT2D eigenvalue weighted by Gasteiger charge is 2.09. The Kier molecular flexibility index (Phi) is 2.64. The van der Waals surface area contributed by atoms with Crippen LogP contribution in [0.5, 0.6) is 5.75 Å². The third-order valence-electron chi connectivity index (χ3n) is 2.25. The van der Waals surface area contributed by atoms with Gasteiger partial charge in [-0.1, -0.05) is 11.6 Å². The Hall–Kier alpha value is -1.48. The average molecular weight is 223 g/mol. The summed E-state index contributed by atoms with van der Waals surface area (Å²) in [5, 5.41) is 14.5. The summed E-state index contributed by atoms with van der Waals surface area (Å²) in [7, 11) is 0. The van der Waals surface area contributed by atoms with Crippen LogP contribution in [0.4, 0.5) is 0 Å². The summed E-state index contributed by atoms with van der Waals surface area (Å²) >= 11 is 5.89. The molecule has 0 aliphatic carbocycles. The zero-order valence-corrected chi connectivity index (χ0v) is 9.07. The number of phenolic OH excluding ortho intramolecular Hbond substituents is 1. The third-order valence-corrected chi connectivity index (χ3v) is 2.49. The van der Waals surface area contributed by atoms with Crippen molar-refractivity contribution in [1.29, 1.82) is 0 Å². The van der Waals surface area contributed by atoms with Crippen molar-refractivity contribution in [2.75, 3.05) is 0 Å². The molecule has 1 N–H and O–H groups in total. The lowest BCUT2D eigenvalue weighted by molar-refractivity contribution is 0.476. The van der Waals surface area contributed by atoms with Crippen molar-refractivity contribution in [3.63, 3.8) is 0 Å². The average Bonchev–Trinajstić information content (AvgIpc) is 2.69. The summed E-state index contributed by atoms with van der Waals surface area (Å²) in [6, 6.07) is 6.84. The summed E-state index contributed by atoms with van der Waals surface area (Å²) in [5.41, 5.74) is 1.58. The van der Waals surface area contributed by atoms with Crippen LogP contribution in [0, 0.1) is 0 Å². The maximum Gasteiger partial charge on any atom is 0.125 e. The van der Waals surface area contributed by atoms with Gasteiger partial charge in [0.1, 0.15) is 5.75 Å². The smallest absolute Gasteiger partial charge is 0.125 e. The second-order valence-corrected chi connectivity index (χ2v) is 3.63. The number of benzene rings is 1. The number of aromatic nitrogens is 2. The van der Waals surface area contributed by atoms with Crippen LogP contribution in [-0.2, 0) is 6.54 Å². The van der Waals surface area contributed by atoms with E-state index in [2.05, 4.69) is 5.10 Å². The molecule has 4 heteroatoms. The number of hydrogen-bond acceptors (Lipinski definition) is 2. The molecular formula is C11H11ClN2O. The highest BCUT2D eigenvalue weighted by atomic mass is 35.5. The summed E-state index contributed by atoms with van der Waals surface area (Å²) < 4.78 is 1.81. The zero-order valence-electron chi connectivity index (χ0n) is 8.31. The van der Waals surface area contributed by atoms with Crippen LogP contribution < -0.4 is 0 Å². The predicted molar refractivity (Wildman–Crippen MR) is 60.0 cm³/mol. The molecule has 0 radical (unpaired) electrons. The molecule has 2 aromatic rings. The minimum Gasteiger partial charge on any atom is -0.507 e. The Bertz CT molecular complexity index is 479. The Labute approximate surface area is 92.9 Å². The van der Waals surface area contributed by atoms with Crippen LogP contribution in [0.2, 0.25) is 5.02 Å². The Morgan fingerprint density at radius 2 is 2.20 bits per heavy atom. The molecule has 1 heterocycles. The predicted octanol–water partition coefficient (Wildman–Crippen LogP) is 2.93. The van der Waals surface area contributed by atoms with Crippen molar-refractivity contribution in [1.82, 2.24) is 9.78 Å². The first-order chi connectivity index (χ1) is 7.22.